The van der Waals surface area contributed by atoms with E-state index in [1.165, 1.54) is 0 Å². The van der Waals surface area contributed by atoms with Gasteiger partial charge in [0, 0.05) is 18.6 Å². The smallest absolute Gasteiger partial charge is 0.131 e. The predicted octanol–water partition coefficient (Wildman–Crippen LogP) is 2.15. The molecule has 0 aromatic heterocycles. The number of alkyl halides is 1. The highest BCUT2D eigenvalue weighted by Crippen LogP contribution is 2.42. The lowest BCUT2D eigenvalue weighted by atomic mass is 9.88. The second-order valence-electron chi connectivity index (χ2n) is 5.19. The Balaban J connectivity index is 4.88. The standard InChI is InChI=1S/C12H27ClO3Si/c1-5-6-9-16-12(13,17(3)4)11(2,10-15)7-8-14/h14-15,17H,5-10H2,1-4H3. The molecular weight excluding hydrogens is 256 g/mol. The molecule has 0 spiro atoms. The summed E-state index contributed by atoms with van der Waals surface area (Å²) in [6, 6.07) is 0. The molecule has 17 heavy (non-hydrogen) atoms. The summed E-state index contributed by atoms with van der Waals surface area (Å²) in [5, 5.41) is 18.7. The first kappa shape index (κ1) is 17.4. The van der Waals surface area contributed by atoms with Crippen LogP contribution in [0.1, 0.15) is 33.1 Å². The molecule has 0 rings (SSSR count). The van der Waals surface area contributed by atoms with E-state index in [9.17, 15) is 5.11 Å². The first-order valence-corrected chi connectivity index (χ1v) is 9.69. The molecule has 0 saturated heterocycles. The fourth-order valence-electron chi connectivity index (χ4n) is 2.01. The van der Waals surface area contributed by atoms with Crippen molar-refractivity contribution in [1.29, 1.82) is 0 Å². The van der Waals surface area contributed by atoms with Crippen LogP contribution >= 0.6 is 11.6 Å². The molecular formula is C12H27ClO3Si. The molecule has 3 nitrogen and oxygen atoms in total. The van der Waals surface area contributed by atoms with Gasteiger partial charge in [-0.25, -0.2) is 0 Å². The van der Waals surface area contributed by atoms with Crippen LogP contribution in [0.15, 0.2) is 0 Å². The lowest BCUT2D eigenvalue weighted by Crippen LogP contribution is -2.55. The van der Waals surface area contributed by atoms with E-state index < -0.39 is 18.9 Å². The Kier molecular flexibility index (Phi) is 7.92. The molecule has 2 unspecified atom stereocenters. The quantitative estimate of drug-likeness (QED) is 0.387. The van der Waals surface area contributed by atoms with E-state index in [-0.39, 0.29) is 13.2 Å². The zero-order valence-corrected chi connectivity index (χ0v) is 13.4. The maximum Gasteiger partial charge on any atom is 0.131 e. The number of halogens is 1. The zero-order valence-electron chi connectivity index (χ0n) is 11.5. The highest BCUT2D eigenvalue weighted by atomic mass is 35.5. The molecule has 0 amide bonds. The van der Waals surface area contributed by atoms with Crippen molar-refractivity contribution < 1.29 is 14.9 Å². The summed E-state index contributed by atoms with van der Waals surface area (Å²) < 4.78 is 5.10. The highest BCUT2D eigenvalue weighted by molar-refractivity contribution is 6.69. The van der Waals surface area contributed by atoms with Crippen LogP contribution in [0.25, 0.3) is 0 Å². The summed E-state index contributed by atoms with van der Waals surface area (Å²) in [7, 11) is -1.35. The number of rotatable bonds is 9. The van der Waals surface area contributed by atoms with Gasteiger partial charge in [0.15, 0.2) is 0 Å². The Hall–Kier alpha value is 0.387. The zero-order chi connectivity index (χ0) is 13.5. The van der Waals surface area contributed by atoms with Crippen LogP contribution < -0.4 is 0 Å². The number of hydrogen-bond acceptors (Lipinski definition) is 3. The normalized spacial score (nSPS) is 19.1. The van der Waals surface area contributed by atoms with Crippen molar-refractivity contribution in [1.82, 2.24) is 0 Å². The average Bonchev–Trinajstić information content (AvgIpc) is 2.28. The molecule has 0 saturated carbocycles. The summed E-state index contributed by atoms with van der Waals surface area (Å²) in [5.41, 5.74) is -0.572. The van der Waals surface area contributed by atoms with E-state index in [0.717, 1.165) is 12.8 Å². The summed E-state index contributed by atoms with van der Waals surface area (Å²) in [6.45, 7) is 8.80. The Bertz CT molecular complexity index is 216. The minimum atomic E-state index is -1.35. The molecule has 0 aromatic carbocycles. The molecule has 0 aliphatic rings. The molecule has 0 aliphatic heterocycles. The number of unbranched alkanes of at least 4 members (excludes halogenated alkanes) is 1. The van der Waals surface area contributed by atoms with Gasteiger partial charge >= 0.3 is 0 Å². The second kappa shape index (κ2) is 7.74. The average molecular weight is 283 g/mol. The van der Waals surface area contributed by atoms with Crippen molar-refractivity contribution in [3.63, 3.8) is 0 Å². The third kappa shape index (κ3) is 4.21. The van der Waals surface area contributed by atoms with Crippen molar-refractivity contribution in [2.45, 2.75) is 50.9 Å². The van der Waals surface area contributed by atoms with Crippen LogP contribution in [-0.4, -0.2) is 43.5 Å². The molecule has 2 atom stereocenters. The number of hydrogen-bond donors (Lipinski definition) is 2. The maximum absolute atomic E-state index is 9.60. The van der Waals surface area contributed by atoms with Gasteiger partial charge in [-0.2, -0.15) is 0 Å². The molecule has 5 heteroatoms. The van der Waals surface area contributed by atoms with Gasteiger partial charge in [-0.05, 0) is 12.8 Å². The Morgan fingerprint density at radius 1 is 1.29 bits per heavy atom. The van der Waals surface area contributed by atoms with Crippen molar-refractivity contribution in [2.75, 3.05) is 19.8 Å². The molecule has 104 valence electrons. The molecule has 0 aromatic rings. The van der Waals surface area contributed by atoms with Crippen LogP contribution in [0.5, 0.6) is 0 Å². The van der Waals surface area contributed by atoms with E-state index in [1.54, 1.807) is 0 Å². The molecule has 0 heterocycles. The van der Waals surface area contributed by atoms with Gasteiger partial charge < -0.3 is 14.9 Å². The molecule has 0 fully saturated rings. The lowest BCUT2D eigenvalue weighted by molar-refractivity contribution is -0.0538. The van der Waals surface area contributed by atoms with E-state index in [1.807, 2.05) is 6.92 Å². The van der Waals surface area contributed by atoms with Crippen molar-refractivity contribution >= 4 is 20.4 Å². The maximum atomic E-state index is 9.60. The molecule has 2 N–H and O–H groups in total. The van der Waals surface area contributed by atoms with Gasteiger partial charge in [0.2, 0.25) is 0 Å². The van der Waals surface area contributed by atoms with Crippen molar-refractivity contribution in [3.8, 4) is 0 Å². The molecule has 0 radical (unpaired) electrons. The monoisotopic (exact) mass is 282 g/mol. The summed E-state index contributed by atoms with van der Waals surface area (Å²) in [5.74, 6) is 0. The highest BCUT2D eigenvalue weighted by Gasteiger charge is 2.49. The van der Waals surface area contributed by atoms with E-state index in [0.29, 0.717) is 13.0 Å². The van der Waals surface area contributed by atoms with Crippen LogP contribution in [0.2, 0.25) is 13.1 Å². The van der Waals surface area contributed by atoms with Gasteiger partial charge in [-0.3, -0.25) is 0 Å². The van der Waals surface area contributed by atoms with E-state index in [4.69, 9.17) is 21.4 Å². The second-order valence-corrected chi connectivity index (χ2v) is 9.24. The van der Waals surface area contributed by atoms with Gasteiger partial charge in [0.25, 0.3) is 0 Å². The summed E-state index contributed by atoms with van der Waals surface area (Å²) in [4.78, 5) is 0. The lowest BCUT2D eigenvalue weighted by Gasteiger charge is -2.45. The summed E-state index contributed by atoms with van der Waals surface area (Å²) in [6.07, 6.45) is 2.49. The first-order chi connectivity index (χ1) is 7.88. The van der Waals surface area contributed by atoms with Crippen LogP contribution in [0, 0.1) is 5.41 Å². The Morgan fingerprint density at radius 2 is 1.88 bits per heavy atom. The number of aliphatic hydroxyl groups is 2. The predicted molar refractivity (Wildman–Crippen MR) is 75.2 cm³/mol. The van der Waals surface area contributed by atoms with E-state index in [2.05, 4.69) is 20.0 Å². The van der Waals surface area contributed by atoms with Gasteiger partial charge in [0.1, 0.15) is 4.68 Å². The van der Waals surface area contributed by atoms with Crippen LogP contribution in [0.3, 0.4) is 0 Å². The third-order valence-electron chi connectivity index (χ3n) is 3.39. The van der Waals surface area contributed by atoms with Crippen molar-refractivity contribution in [3.05, 3.63) is 0 Å². The van der Waals surface area contributed by atoms with Crippen LogP contribution in [0.4, 0.5) is 0 Å². The molecule has 0 aliphatic carbocycles. The van der Waals surface area contributed by atoms with Gasteiger partial charge in [0.05, 0.1) is 15.4 Å². The van der Waals surface area contributed by atoms with Crippen LogP contribution in [-0.2, 0) is 4.74 Å². The van der Waals surface area contributed by atoms with Gasteiger partial charge in [-0.1, -0.05) is 45.0 Å². The van der Waals surface area contributed by atoms with E-state index >= 15 is 0 Å². The molecule has 0 bridgehead atoms. The third-order valence-corrected chi connectivity index (χ3v) is 7.61. The SMILES string of the molecule is CCCCOC(Cl)([SiH](C)C)C(C)(CO)CCO. The summed E-state index contributed by atoms with van der Waals surface area (Å²) >= 11 is 6.66. The first-order valence-electron chi connectivity index (χ1n) is 6.42. The fraction of sp³-hybridized carbons (Fsp3) is 1.00. The topological polar surface area (TPSA) is 49.7 Å². The Morgan fingerprint density at radius 3 is 2.24 bits per heavy atom. The largest absolute Gasteiger partial charge is 0.396 e. The fourth-order valence-corrected chi connectivity index (χ4v) is 4.32. The minimum Gasteiger partial charge on any atom is -0.396 e. The van der Waals surface area contributed by atoms with Gasteiger partial charge in [-0.15, -0.1) is 0 Å². The van der Waals surface area contributed by atoms with Crippen molar-refractivity contribution in [2.24, 2.45) is 5.41 Å². The number of aliphatic hydroxyl groups excluding tert-OH is 2. The number of ether oxygens (including phenoxy) is 1. The minimum absolute atomic E-state index is 0.0176. The Labute approximate surface area is 112 Å².